The number of piperidine rings is 1. The maximum atomic E-state index is 14.0. The number of para-hydroxylation sites is 1. The molecule has 1 heterocycles. The van der Waals surface area contributed by atoms with E-state index >= 15 is 0 Å². The molecule has 18 heavy (non-hydrogen) atoms. The Labute approximate surface area is 108 Å². The van der Waals surface area contributed by atoms with E-state index in [1.54, 1.807) is 13.2 Å². The van der Waals surface area contributed by atoms with Crippen LogP contribution in [0.3, 0.4) is 0 Å². The summed E-state index contributed by atoms with van der Waals surface area (Å²) in [5.74, 6) is -0.126. The van der Waals surface area contributed by atoms with Crippen molar-refractivity contribution < 1.29 is 9.13 Å². The first-order valence-corrected chi connectivity index (χ1v) is 6.46. The summed E-state index contributed by atoms with van der Waals surface area (Å²) >= 11 is 0. The number of nitrogens with one attached hydrogen (secondary N) is 1. The number of ether oxygens (including phenoxy) is 1. The third-order valence-electron chi connectivity index (χ3n) is 3.53. The van der Waals surface area contributed by atoms with Crippen LogP contribution in [-0.2, 0) is 11.3 Å². The normalized spacial score (nSPS) is 17.2. The number of hydrogen-bond donors (Lipinski definition) is 1. The Morgan fingerprint density at radius 3 is 2.72 bits per heavy atom. The predicted octanol–water partition coefficient (Wildman–Crippen LogP) is 2.16. The third kappa shape index (κ3) is 2.82. The first kappa shape index (κ1) is 13.3. The molecule has 0 bridgehead atoms. The zero-order valence-corrected chi connectivity index (χ0v) is 11.1. The van der Waals surface area contributed by atoms with E-state index in [0.29, 0.717) is 12.6 Å². The van der Waals surface area contributed by atoms with E-state index in [4.69, 9.17) is 4.74 Å². The van der Waals surface area contributed by atoms with Crippen molar-refractivity contribution >= 4 is 5.69 Å². The fourth-order valence-electron chi connectivity index (χ4n) is 2.56. The molecule has 0 unspecified atom stereocenters. The van der Waals surface area contributed by atoms with E-state index in [9.17, 15) is 4.39 Å². The van der Waals surface area contributed by atoms with Crippen LogP contribution in [0, 0.1) is 5.82 Å². The number of anilines is 1. The number of hydrogen-bond acceptors (Lipinski definition) is 3. The largest absolute Gasteiger partial charge is 0.381 e. The summed E-state index contributed by atoms with van der Waals surface area (Å²) < 4.78 is 19.4. The first-order valence-electron chi connectivity index (χ1n) is 6.46. The van der Waals surface area contributed by atoms with Crippen molar-refractivity contribution in [2.45, 2.75) is 25.5 Å². The smallest absolute Gasteiger partial charge is 0.146 e. The molecule has 4 heteroatoms. The molecule has 1 N–H and O–H groups in total. The molecule has 0 atom stereocenters. The van der Waals surface area contributed by atoms with Crippen LogP contribution in [0.5, 0.6) is 0 Å². The van der Waals surface area contributed by atoms with Gasteiger partial charge in [-0.3, -0.25) is 0 Å². The van der Waals surface area contributed by atoms with Crippen LogP contribution in [0.15, 0.2) is 18.2 Å². The summed E-state index contributed by atoms with van der Waals surface area (Å²) in [7, 11) is 3.63. The number of rotatable bonds is 4. The van der Waals surface area contributed by atoms with Crippen LogP contribution in [0.2, 0.25) is 0 Å². The van der Waals surface area contributed by atoms with E-state index in [-0.39, 0.29) is 5.82 Å². The van der Waals surface area contributed by atoms with Crippen molar-refractivity contribution in [1.29, 1.82) is 0 Å². The molecule has 1 saturated heterocycles. The number of methoxy groups -OCH3 is 1. The van der Waals surface area contributed by atoms with Crippen molar-refractivity contribution in [3.8, 4) is 0 Å². The van der Waals surface area contributed by atoms with Crippen LogP contribution in [0.1, 0.15) is 18.4 Å². The minimum atomic E-state index is -0.126. The Morgan fingerprint density at radius 2 is 2.11 bits per heavy atom. The molecule has 1 fully saturated rings. The third-order valence-corrected chi connectivity index (χ3v) is 3.53. The van der Waals surface area contributed by atoms with E-state index in [0.717, 1.165) is 37.2 Å². The summed E-state index contributed by atoms with van der Waals surface area (Å²) in [5.41, 5.74) is 1.77. The molecular formula is C14H21FN2O. The van der Waals surface area contributed by atoms with E-state index < -0.39 is 0 Å². The second-order valence-corrected chi connectivity index (χ2v) is 4.70. The van der Waals surface area contributed by atoms with Crippen molar-refractivity contribution in [3.63, 3.8) is 0 Å². The van der Waals surface area contributed by atoms with Gasteiger partial charge in [0, 0.05) is 26.7 Å². The Hall–Kier alpha value is -1.13. The molecule has 3 nitrogen and oxygen atoms in total. The quantitative estimate of drug-likeness (QED) is 0.888. The van der Waals surface area contributed by atoms with Gasteiger partial charge in [0.1, 0.15) is 5.82 Å². The highest BCUT2D eigenvalue weighted by Gasteiger charge is 2.22. The zero-order chi connectivity index (χ0) is 13.0. The van der Waals surface area contributed by atoms with Crippen LogP contribution in [-0.4, -0.2) is 33.4 Å². The molecule has 0 saturated carbocycles. The van der Waals surface area contributed by atoms with Gasteiger partial charge >= 0.3 is 0 Å². The molecule has 0 aliphatic carbocycles. The van der Waals surface area contributed by atoms with Gasteiger partial charge in [-0.05, 0) is 31.5 Å². The summed E-state index contributed by atoms with van der Waals surface area (Å²) in [6.45, 7) is 2.41. The minimum absolute atomic E-state index is 0.126. The SMILES string of the molecule is CNCc1cccc(F)c1N1CCC(OC)CC1. The van der Waals surface area contributed by atoms with Gasteiger partial charge in [-0.1, -0.05) is 12.1 Å². The van der Waals surface area contributed by atoms with Gasteiger partial charge in [0.25, 0.3) is 0 Å². The van der Waals surface area contributed by atoms with Gasteiger partial charge < -0.3 is 15.0 Å². The van der Waals surface area contributed by atoms with Gasteiger partial charge in [-0.2, -0.15) is 0 Å². The summed E-state index contributed by atoms with van der Waals surface area (Å²) in [5, 5.41) is 3.09. The Kier molecular flexibility index (Phi) is 4.55. The Balaban J connectivity index is 2.17. The monoisotopic (exact) mass is 252 g/mol. The highest BCUT2D eigenvalue weighted by atomic mass is 19.1. The van der Waals surface area contributed by atoms with Crippen molar-refractivity contribution in [3.05, 3.63) is 29.6 Å². The summed E-state index contributed by atoms with van der Waals surface area (Å²) in [4.78, 5) is 2.14. The number of nitrogens with zero attached hydrogens (tertiary/aromatic N) is 1. The fourth-order valence-corrected chi connectivity index (χ4v) is 2.56. The van der Waals surface area contributed by atoms with Crippen molar-refractivity contribution in [1.82, 2.24) is 5.32 Å². The van der Waals surface area contributed by atoms with Crippen LogP contribution in [0.4, 0.5) is 10.1 Å². The van der Waals surface area contributed by atoms with Crippen molar-refractivity contribution in [2.24, 2.45) is 0 Å². The maximum absolute atomic E-state index is 14.0. The second-order valence-electron chi connectivity index (χ2n) is 4.70. The number of benzene rings is 1. The van der Waals surface area contributed by atoms with Gasteiger partial charge in [0.05, 0.1) is 11.8 Å². The van der Waals surface area contributed by atoms with E-state index in [2.05, 4.69) is 10.2 Å². The Morgan fingerprint density at radius 1 is 1.39 bits per heavy atom. The lowest BCUT2D eigenvalue weighted by Crippen LogP contribution is -2.37. The lowest BCUT2D eigenvalue weighted by molar-refractivity contribution is 0.0818. The average molecular weight is 252 g/mol. The van der Waals surface area contributed by atoms with Crippen LogP contribution >= 0.6 is 0 Å². The molecule has 1 aromatic rings. The lowest BCUT2D eigenvalue weighted by atomic mass is 10.0. The summed E-state index contributed by atoms with van der Waals surface area (Å²) in [6.07, 6.45) is 2.24. The molecule has 2 rings (SSSR count). The Bertz CT molecular complexity index is 389. The second kappa shape index (κ2) is 6.16. The van der Waals surface area contributed by atoms with E-state index in [1.165, 1.54) is 6.07 Å². The highest BCUT2D eigenvalue weighted by Crippen LogP contribution is 2.28. The lowest BCUT2D eigenvalue weighted by Gasteiger charge is -2.34. The van der Waals surface area contributed by atoms with Gasteiger partial charge in [0.15, 0.2) is 0 Å². The molecule has 1 aliphatic rings. The van der Waals surface area contributed by atoms with E-state index in [1.807, 2.05) is 13.1 Å². The zero-order valence-electron chi connectivity index (χ0n) is 11.1. The van der Waals surface area contributed by atoms with Crippen molar-refractivity contribution in [2.75, 3.05) is 32.1 Å². The molecule has 0 spiro atoms. The number of halogens is 1. The van der Waals surface area contributed by atoms with Gasteiger partial charge in [-0.15, -0.1) is 0 Å². The standard InChI is InChI=1S/C14H21FN2O/c1-16-10-11-4-3-5-13(15)14(11)17-8-6-12(18-2)7-9-17/h3-5,12,16H,6-10H2,1-2H3. The molecule has 0 amide bonds. The molecule has 0 radical (unpaired) electrons. The van der Waals surface area contributed by atoms with Crippen LogP contribution in [0.25, 0.3) is 0 Å². The molecular weight excluding hydrogens is 231 g/mol. The van der Waals surface area contributed by atoms with Gasteiger partial charge in [-0.25, -0.2) is 4.39 Å². The topological polar surface area (TPSA) is 24.5 Å². The maximum Gasteiger partial charge on any atom is 0.146 e. The first-order chi connectivity index (χ1) is 8.76. The minimum Gasteiger partial charge on any atom is -0.381 e. The highest BCUT2D eigenvalue weighted by molar-refractivity contribution is 5.55. The molecule has 1 aromatic carbocycles. The van der Waals surface area contributed by atoms with Gasteiger partial charge in [0.2, 0.25) is 0 Å². The summed E-state index contributed by atoms with van der Waals surface area (Å²) in [6, 6.07) is 5.29. The fraction of sp³-hybridized carbons (Fsp3) is 0.571. The molecule has 1 aliphatic heterocycles. The average Bonchev–Trinajstić information content (AvgIpc) is 2.40. The molecule has 0 aromatic heterocycles. The molecule has 100 valence electrons. The predicted molar refractivity (Wildman–Crippen MR) is 71.4 cm³/mol. The van der Waals surface area contributed by atoms with Crippen LogP contribution < -0.4 is 10.2 Å².